The number of halogens is 1. The summed E-state index contributed by atoms with van der Waals surface area (Å²) in [5.74, 6) is 5.44. The van der Waals surface area contributed by atoms with Crippen molar-refractivity contribution < 1.29 is 8.42 Å². The molecule has 1 rings (SSSR count). The lowest BCUT2D eigenvalue weighted by atomic mass is 10.2. The first kappa shape index (κ1) is 16.2. The molecule has 0 aliphatic carbocycles. The molecule has 1 atom stereocenters. The molecule has 6 nitrogen and oxygen atoms in total. The summed E-state index contributed by atoms with van der Waals surface area (Å²) in [6.45, 7) is 3.88. The highest BCUT2D eigenvalue weighted by Gasteiger charge is 2.25. The van der Waals surface area contributed by atoms with Crippen molar-refractivity contribution in [3.8, 4) is 0 Å². The molecular weight excluding hydrogens is 288 g/mol. The summed E-state index contributed by atoms with van der Waals surface area (Å²) in [5.41, 5.74) is 2.29. The highest BCUT2D eigenvalue weighted by Crippen LogP contribution is 2.24. The van der Waals surface area contributed by atoms with E-state index in [0.29, 0.717) is 0 Å². The first-order valence-corrected chi connectivity index (χ1v) is 7.76. The molecule has 0 aliphatic rings. The van der Waals surface area contributed by atoms with Gasteiger partial charge in [-0.25, -0.2) is 19.2 Å². The van der Waals surface area contributed by atoms with Gasteiger partial charge in [0.05, 0.1) is 5.02 Å². The van der Waals surface area contributed by atoms with Crippen LogP contribution in [0.4, 0.5) is 5.82 Å². The zero-order valence-corrected chi connectivity index (χ0v) is 12.8. The molecule has 0 aliphatic heterocycles. The first-order valence-electron chi connectivity index (χ1n) is 5.94. The number of sulfonamides is 1. The standard InChI is InChI=1S/C11H19ClN4O2S/c1-4-5-8(2)16(3)19(17,18)9-6-10(12)11(15-13)14-7-9/h6-8H,4-5,13H2,1-3H3,(H,14,15). The number of anilines is 1. The molecule has 0 spiro atoms. The third-order valence-electron chi connectivity index (χ3n) is 2.96. The summed E-state index contributed by atoms with van der Waals surface area (Å²) in [4.78, 5) is 3.93. The van der Waals surface area contributed by atoms with Crippen LogP contribution in [0.15, 0.2) is 17.2 Å². The van der Waals surface area contributed by atoms with Crippen LogP contribution >= 0.6 is 11.6 Å². The van der Waals surface area contributed by atoms with Crippen LogP contribution in [0.2, 0.25) is 5.02 Å². The molecule has 0 saturated heterocycles. The summed E-state index contributed by atoms with van der Waals surface area (Å²) < 4.78 is 26.1. The van der Waals surface area contributed by atoms with Crippen molar-refractivity contribution >= 4 is 27.4 Å². The van der Waals surface area contributed by atoms with Crippen LogP contribution in [0.1, 0.15) is 26.7 Å². The summed E-state index contributed by atoms with van der Waals surface area (Å²) >= 11 is 5.89. The molecule has 0 radical (unpaired) electrons. The Labute approximate surface area is 119 Å². The van der Waals surface area contributed by atoms with Gasteiger partial charge in [-0.3, -0.25) is 0 Å². The number of hydrazine groups is 1. The fraction of sp³-hybridized carbons (Fsp3) is 0.545. The average molecular weight is 307 g/mol. The number of rotatable bonds is 6. The van der Waals surface area contributed by atoms with Gasteiger partial charge in [0, 0.05) is 19.3 Å². The van der Waals surface area contributed by atoms with E-state index in [2.05, 4.69) is 10.4 Å². The van der Waals surface area contributed by atoms with E-state index < -0.39 is 10.0 Å². The minimum Gasteiger partial charge on any atom is -0.307 e. The molecule has 0 fully saturated rings. The number of hydrogen-bond donors (Lipinski definition) is 2. The largest absolute Gasteiger partial charge is 0.307 e. The predicted molar refractivity (Wildman–Crippen MR) is 76.4 cm³/mol. The minimum absolute atomic E-state index is 0.0574. The maximum atomic E-state index is 12.4. The second-order valence-corrected chi connectivity index (χ2v) is 6.71. The number of nitrogens with one attached hydrogen (secondary N) is 1. The van der Waals surface area contributed by atoms with Crippen molar-refractivity contribution in [1.29, 1.82) is 0 Å². The minimum atomic E-state index is -3.59. The van der Waals surface area contributed by atoms with Crippen LogP contribution in [0, 0.1) is 0 Å². The summed E-state index contributed by atoms with van der Waals surface area (Å²) in [6.07, 6.45) is 2.95. The van der Waals surface area contributed by atoms with E-state index in [9.17, 15) is 8.42 Å². The lowest BCUT2D eigenvalue weighted by Crippen LogP contribution is -2.35. The molecule has 0 aromatic carbocycles. The fourth-order valence-electron chi connectivity index (χ4n) is 1.67. The average Bonchev–Trinajstić information content (AvgIpc) is 2.37. The van der Waals surface area contributed by atoms with E-state index in [1.165, 1.54) is 16.6 Å². The Balaban J connectivity index is 3.10. The van der Waals surface area contributed by atoms with Gasteiger partial charge in [0.25, 0.3) is 0 Å². The molecule has 1 unspecified atom stereocenters. The Kier molecular flexibility index (Phi) is 5.54. The highest BCUT2D eigenvalue weighted by molar-refractivity contribution is 7.89. The number of aromatic nitrogens is 1. The van der Waals surface area contributed by atoms with E-state index in [1.54, 1.807) is 7.05 Å². The summed E-state index contributed by atoms with van der Waals surface area (Å²) in [7, 11) is -2.04. The maximum Gasteiger partial charge on any atom is 0.244 e. The van der Waals surface area contributed by atoms with Crippen LogP contribution in [-0.4, -0.2) is 30.8 Å². The molecular formula is C11H19ClN4O2S. The predicted octanol–water partition coefficient (Wildman–Crippen LogP) is 1.83. The Morgan fingerprint density at radius 3 is 2.68 bits per heavy atom. The monoisotopic (exact) mass is 306 g/mol. The first-order chi connectivity index (χ1) is 8.84. The molecule has 1 aromatic rings. The molecule has 1 aromatic heterocycles. The van der Waals surface area contributed by atoms with Gasteiger partial charge in [0.15, 0.2) is 5.82 Å². The van der Waals surface area contributed by atoms with Crippen LogP contribution in [0.3, 0.4) is 0 Å². The second-order valence-electron chi connectivity index (χ2n) is 4.30. The van der Waals surface area contributed by atoms with Crippen molar-refractivity contribution in [3.63, 3.8) is 0 Å². The molecule has 0 bridgehead atoms. The van der Waals surface area contributed by atoms with Gasteiger partial charge in [0.1, 0.15) is 4.90 Å². The Morgan fingerprint density at radius 2 is 2.21 bits per heavy atom. The van der Waals surface area contributed by atoms with Crippen molar-refractivity contribution in [2.24, 2.45) is 5.84 Å². The van der Waals surface area contributed by atoms with Crippen molar-refractivity contribution in [1.82, 2.24) is 9.29 Å². The number of nitrogen functional groups attached to an aromatic ring is 1. The quantitative estimate of drug-likeness (QED) is 0.618. The van der Waals surface area contributed by atoms with Crippen LogP contribution < -0.4 is 11.3 Å². The van der Waals surface area contributed by atoms with Gasteiger partial charge in [-0.05, 0) is 19.4 Å². The number of nitrogens with zero attached hydrogens (tertiary/aromatic N) is 2. The normalized spacial score (nSPS) is 13.6. The van der Waals surface area contributed by atoms with Crippen LogP contribution in [0.25, 0.3) is 0 Å². The Bertz CT molecular complexity index is 535. The van der Waals surface area contributed by atoms with Crippen molar-refractivity contribution in [3.05, 3.63) is 17.3 Å². The van der Waals surface area contributed by atoms with Gasteiger partial charge < -0.3 is 5.43 Å². The Morgan fingerprint density at radius 1 is 1.58 bits per heavy atom. The number of hydrogen-bond acceptors (Lipinski definition) is 5. The molecule has 8 heteroatoms. The zero-order valence-electron chi connectivity index (χ0n) is 11.2. The lowest BCUT2D eigenvalue weighted by Gasteiger charge is -2.24. The number of pyridine rings is 1. The molecule has 0 saturated carbocycles. The number of nitrogens with two attached hydrogens (primary N) is 1. The van der Waals surface area contributed by atoms with Gasteiger partial charge >= 0.3 is 0 Å². The third kappa shape index (κ3) is 3.56. The molecule has 19 heavy (non-hydrogen) atoms. The topological polar surface area (TPSA) is 88.3 Å². The van der Waals surface area contributed by atoms with Gasteiger partial charge in [-0.15, -0.1) is 0 Å². The van der Waals surface area contributed by atoms with Gasteiger partial charge in [-0.1, -0.05) is 24.9 Å². The fourth-order valence-corrected chi connectivity index (χ4v) is 3.32. The maximum absolute atomic E-state index is 12.4. The second kappa shape index (κ2) is 6.51. The van der Waals surface area contributed by atoms with Gasteiger partial charge in [-0.2, -0.15) is 4.31 Å². The van der Waals surface area contributed by atoms with Crippen LogP contribution in [-0.2, 0) is 10.0 Å². The molecule has 1 heterocycles. The van der Waals surface area contributed by atoms with E-state index in [-0.39, 0.29) is 21.8 Å². The Hall–Kier alpha value is -0.890. The molecule has 3 N–H and O–H groups in total. The van der Waals surface area contributed by atoms with E-state index in [0.717, 1.165) is 12.8 Å². The molecule has 0 amide bonds. The SMILES string of the molecule is CCCC(C)N(C)S(=O)(=O)c1cnc(NN)c(Cl)c1. The van der Waals surface area contributed by atoms with E-state index >= 15 is 0 Å². The smallest absolute Gasteiger partial charge is 0.244 e. The zero-order chi connectivity index (χ0) is 14.6. The summed E-state index contributed by atoms with van der Waals surface area (Å²) in [5, 5.41) is 0.167. The van der Waals surface area contributed by atoms with Crippen molar-refractivity contribution in [2.75, 3.05) is 12.5 Å². The summed E-state index contributed by atoms with van der Waals surface area (Å²) in [6, 6.07) is 1.26. The third-order valence-corrected chi connectivity index (χ3v) is 5.18. The highest BCUT2D eigenvalue weighted by atomic mass is 35.5. The van der Waals surface area contributed by atoms with E-state index in [1.807, 2.05) is 13.8 Å². The van der Waals surface area contributed by atoms with Crippen LogP contribution in [0.5, 0.6) is 0 Å². The van der Waals surface area contributed by atoms with Crippen molar-refractivity contribution in [2.45, 2.75) is 37.6 Å². The van der Waals surface area contributed by atoms with E-state index in [4.69, 9.17) is 17.4 Å². The van der Waals surface area contributed by atoms with Gasteiger partial charge in [0.2, 0.25) is 10.0 Å². The molecule has 108 valence electrons. The lowest BCUT2D eigenvalue weighted by molar-refractivity contribution is 0.368.